The number of rotatable bonds is 8. The minimum Gasteiger partial charge on any atom is -0.493 e. The summed E-state index contributed by atoms with van der Waals surface area (Å²) in [6.45, 7) is 2.29. The number of nitriles is 1. The fraction of sp³-hybridized carbons (Fsp3) is 0.167. The van der Waals surface area contributed by atoms with Crippen LogP contribution in [0.25, 0.3) is 16.9 Å². The van der Waals surface area contributed by atoms with Crippen LogP contribution in [0.5, 0.6) is 17.4 Å². The SMILES string of the molecule is CCO/C=N/C1=C(C#N)C(c2ccc(OC)c(OC)c2)c2c(-c3ccccc3)nn(-c3ccccc3)c2O1. The summed E-state index contributed by atoms with van der Waals surface area (Å²) in [5.74, 6) is 1.20. The maximum atomic E-state index is 10.4. The Labute approximate surface area is 221 Å². The molecule has 0 spiro atoms. The first kappa shape index (κ1) is 24.7. The molecule has 0 aliphatic carbocycles. The third-order valence-corrected chi connectivity index (χ3v) is 6.20. The van der Waals surface area contributed by atoms with Crippen molar-refractivity contribution in [3.05, 3.63) is 101 Å². The van der Waals surface area contributed by atoms with Crippen LogP contribution in [0.15, 0.2) is 95.3 Å². The molecule has 190 valence electrons. The van der Waals surface area contributed by atoms with E-state index in [2.05, 4.69) is 11.1 Å². The molecule has 38 heavy (non-hydrogen) atoms. The molecule has 0 bridgehead atoms. The van der Waals surface area contributed by atoms with Crippen molar-refractivity contribution in [2.75, 3.05) is 20.8 Å². The number of hydrogen-bond acceptors (Lipinski definition) is 7. The van der Waals surface area contributed by atoms with Crippen LogP contribution in [0.3, 0.4) is 0 Å². The highest BCUT2D eigenvalue weighted by Gasteiger charge is 2.38. The van der Waals surface area contributed by atoms with Crippen molar-refractivity contribution >= 4 is 6.40 Å². The van der Waals surface area contributed by atoms with Crippen LogP contribution in [-0.2, 0) is 4.74 Å². The number of aliphatic imine (C=N–C) groups is 1. The maximum absolute atomic E-state index is 10.4. The van der Waals surface area contributed by atoms with Crippen LogP contribution in [0.1, 0.15) is 24.0 Å². The maximum Gasteiger partial charge on any atom is 0.238 e. The topological polar surface area (TPSA) is 90.9 Å². The van der Waals surface area contributed by atoms with Crippen molar-refractivity contribution in [2.24, 2.45) is 4.99 Å². The fourth-order valence-corrected chi connectivity index (χ4v) is 4.47. The summed E-state index contributed by atoms with van der Waals surface area (Å²) in [7, 11) is 3.17. The van der Waals surface area contributed by atoms with Gasteiger partial charge in [0.05, 0.1) is 38.0 Å². The summed E-state index contributed by atoms with van der Waals surface area (Å²) in [5, 5.41) is 15.4. The van der Waals surface area contributed by atoms with Gasteiger partial charge >= 0.3 is 0 Å². The van der Waals surface area contributed by atoms with Crippen LogP contribution in [-0.4, -0.2) is 37.0 Å². The summed E-state index contributed by atoms with van der Waals surface area (Å²) >= 11 is 0. The molecule has 1 aromatic heterocycles. The molecule has 4 aromatic rings. The van der Waals surface area contributed by atoms with E-state index in [0.29, 0.717) is 35.3 Å². The quantitative estimate of drug-likeness (QED) is 0.219. The lowest BCUT2D eigenvalue weighted by Crippen LogP contribution is -2.17. The van der Waals surface area contributed by atoms with Crippen molar-refractivity contribution in [2.45, 2.75) is 12.8 Å². The minimum absolute atomic E-state index is 0.143. The van der Waals surface area contributed by atoms with Crippen molar-refractivity contribution in [3.63, 3.8) is 0 Å². The molecule has 0 saturated heterocycles. The second-order valence-electron chi connectivity index (χ2n) is 8.35. The van der Waals surface area contributed by atoms with Crippen LogP contribution in [0.4, 0.5) is 0 Å². The van der Waals surface area contributed by atoms with Gasteiger partial charge in [-0.3, -0.25) is 0 Å². The number of aromatic nitrogens is 2. The Morgan fingerprint density at radius 1 is 1.00 bits per heavy atom. The molecule has 0 radical (unpaired) electrons. The molecule has 1 aliphatic heterocycles. The molecular weight excluding hydrogens is 480 g/mol. The van der Waals surface area contributed by atoms with Gasteiger partial charge in [-0.25, -0.2) is 0 Å². The molecule has 1 aliphatic rings. The largest absolute Gasteiger partial charge is 0.493 e. The zero-order valence-corrected chi connectivity index (χ0v) is 21.3. The van der Waals surface area contributed by atoms with E-state index in [1.54, 1.807) is 18.9 Å². The van der Waals surface area contributed by atoms with Crippen molar-refractivity contribution < 1.29 is 18.9 Å². The molecule has 0 fully saturated rings. The second kappa shape index (κ2) is 10.9. The van der Waals surface area contributed by atoms with E-state index in [-0.39, 0.29) is 5.88 Å². The first-order chi connectivity index (χ1) is 18.7. The molecule has 1 unspecified atom stereocenters. The van der Waals surface area contributed by atoms with Gasteiger partial charge in [0.1, 0.15) is 17.3 Å². The highest BCUT2D eigenvalue weighted by Crippen LogP contribution is 2.49. The highest BCUT2D eigenvalue weighted by atomic mass is 16.5. The van der Waals surface area contributed by atoms with Gasteiger partial charge < -0.3 is 18.9 Å². The fourth-order valence-electron chi connectivity index (χ4n) is 4.47. The lowest BCUT2D eigenvalue weighted by molar-refractivity contribution is 0.331. The Hall–Kier alpha value is -5.03. The van der Waals surface area contributed by atoms with Crippen molar-refractivity contribution in [1.29, 1.82) is 5.26 Å². The number of methoxy groups -OCH3 is 2. The Balaban J connectivity index is 1.83. The smallest absolute Gasteiger partial charge is 0.238 e. The Morgan fingerprint density at radius 3 is 2.37 bits per heavy atom. The van der Waals surface area contributed by atoms with Crippen LogP contribution >= 0.6 is 0 Å². The number of hydrogen-bond donors (Lipinski definition) is 0. The second-order valence-corrected chi connectivity index (χ2v) is 8.35. The molecular formula is C30H26N4O4. The lowest BCUT2D eigenvalue weighted by Gasteiger charge is -2.25. The summed E-state index contributed by atoms with van der Waals surface area (Å²) < 4.78 is 24.5. The molecule has 8 nitrogen and oxygen atoms in total. The first-order valence-corrected chi connectivity index (χ1v) is 12.1. The molecule has 1 atom stereocenters. The zero-order chi connectivity index (χ0) is 26.5. The van der Waals surface area contributed by atoms with Crippen LogP contribution in [0.2, 0.25) is 0 Å². The molecule has 2 heterocycles. The molecule has 5 rings (SSSR count). The van der Waals surface area contributed by atoms with Gasteiger partial charge in [0.25, 0.3) is 0 Å². The number of ether oxygens (including phenoxy) is 4. The predicted octanol–water partition coefficient (Wildman–Crippen LogP) is 5.88. The van der Waals surface area contributed by atoms with E-state index in [1.165, 1.54) is 6.40 Å². The Kier molecular flexibility index (Phi) is 7.09. The first-order valence-electron chi connectivity index (χ1n) is 12.1. The van der Waals surface area contributed by atoms with Gasteiger partial charge in [-0.1, -0.05) is 54.6 Å². The summed E-state index contributed by atoms with van der Waals surface area (Å²) in [4.78, 5) is 4.38. The average molecular weight is 507 g/mol. The van der Waals surface area contributed by atoms with Crippen molar-refractivity contribution in [1.82, 2.24) is 9.78 Å². The average Bonchev–Trinajstić information content (AvgIpc) is 3.36. The van der Waals surface area contributed by atoms with E-state index in [0.717, 1.165) is 22.4 Å². The van der Waals surface area contributed by atoms with E-state index >= 15 is 0 Å². The summed E-state index contributed by atoms with van der Waals surface area (Å²) in [5.41, 5.74) is 4.28. The molecule has 0 saturated carbocycles. The number of nitrogens with zero attached hydrogens (tertiary/aromatic N) is 4. The number of para-hydroxylation sites is 1. The minimum atomic E-state index is -0.551. The normalized spacial score (nSPS) is 14.5. The van der Waals surface area contributed by atoms with Gasteiger partial charge in [0.2, 0.25) is 11.8 Å². The lowest BCUT2D eigenvalue weighted by atomic mass is 9.83. The monoisotopic (exact) mass is 506 g/mol. The van der Waals surface area contributed by atoms with E-state index < -0.39 is 5.92 Å². The number of fused-ring (bicyclic) bond motifs is 1. The van der Waals surface area contributed by atoms with E-state index in [4.69, 9.17) is 24.0 Å². The Morgan fingerprint density at radius 2 is 1.71 bits per heavy atom. The molecule has 0 N–H and O–H groups in total. The number of benzene rings is 3. The van der Waals surface area contributed by atoms with Crippen LogP contribution < -0.4 is 14.2 Å². The predicted molar refractivity (Wildman–Crippen MR) is 144 cm³/mol. The standard InChI is InChI=1S/C30H26N4O4/c1-4-37-19-32-29-23(18-31)26(21-15-16-24(35-2)25(17-21)36-3)27-28(20-11-7-5-8-12-20)33-34(30(27)38-29)22-13-9-6-10-14-22/h5-17,19,26H,4H2,1-3H3/b32-19+. The molecule has 8 heteroatoms. The van der Waals surface area contributed by atoms with Gasteiger partial charge in [0, 0.05) is 5.56 Å². The number of allylic oxidation sites excluding steroid dienone is 1. The van der Waals surface area contributed by atoms with Crippen LogP contribution in [0, 0.1) is 11.3 Å². The summed E-state index contributed by atoms with van der Waals surface area (Å²) in [6, 6.07) is 27.5. The third-order valence-electron chi connectivity index (χ3n) is 6.20. The van der Waals surface area contributed by atoms with Gasteiger partial charge in [-0.2, -0.15) is 20.0 Å². The van der Waals surface area contributed by atoms with Gasteiger partial charge in [-0.05, 0) is 36.8 Å². The molecule has 3 aromatic carbocycles. The zero-order valence-electron chi connectivity index (χ0n) is 21.3. The third kappa shape index (κ3) is 4.46. The van der Waals surface area contributed by atoms with E-state index in [9.17, 15) is 5.26 Å². The van der Waals surface area contributed by atoms with Crippen molar-refractivity contribution in [3.8, 4) is 40.4 Å². The van der Waals surface area contributed by atoms with Gasteiger partial charge in [-0.15, -0.1) is 0 Å². The summed E-state index contributed by atoms with van der Waals surface area (Å²) in [6.07, 6.45) is 1.30. The van der Waals surface area contributed by atoms with Gasteiger partial charge in [0.15, 0.2) is 17.9 Å². The van der Waals surface area contributed by atoms with E-state index in [1.807, 2.05) is 85.8 Å². The Bertz CT molecular complexity index is 1540. The molecule has 0 amide bonds. The highest BCUT2D eigenvalue weighted by molar-refractivity contribution is 5.72.